The summed E-state index contributed by atoms with van der Waals surface area (Å²) in [6.45, 7) is 0.445. The first-order valence-electron chi connectivity index (χ1n) is 9.11. The predicted molar refractivity (Wildman–Crippen MR) is 113 cm³/mol. The van der Waals surface area contributed by atoms with E-state index < -0.39 is 6.04 Å². The molecule has 1 aliphatic heterocycles. The zero-order valence-corrected chi connectivity index (χ0v) is 16.7. The van der Waals surface area contributed by atoms with Gasteiger partial charge in [-0.25, -0.2) is 0 Å². The molecule has 1 atom stereocenters. The van der Waals surface area contributed by atoms with Crippen LogP contribution in [0.2, 0.25) is 0 Å². The molecule has 0 radical (unpaired) electrons. The summed E-state index contributed by atoms with van der Waals surface area (Å²) in [7, 11) is 0. The molecule has 4 nitrogen and oxygen atoms in total. The highest BCUT2D eigenvalue weighted by atomic mass is 79.9. The average molecular weight is 435 g/mol. The van der Waals surface area contributed by atoms with Gasteiger partial charge in [-0.15, -0.1) is 0 Å². The molecule has 3 aromatic carbocycles. The zero-order valence-electron chi connectivity index (χ0n) is 15.1. The van der Waals surface area contributed by atoms with E-state index in [9.17, 15) is 9.59 Å². The van der Waals surface area contributed by atoms with Crippen molar-refractivity contribution < 1.29 is 9.59 Å². The van der Waals surface area contributed by atoms with E-state index in [1.807, 2.05) is 78.9 Å². The van der Waals surface area contributed by atoms with Gasteiger partial charge >= 0.3 is 0 Å². The van der Waals surface area contributed by atoms with Gasteiger partial charge in [0.2, 0.25) is 5.91 Å². The normalized spacial score (nSPS) is 13.9. The summed E-state index contributed by atoms with van der Waals surface area (Å²) in [4.78, 5) is 27.8. The van der Waals surface area contributed by atoms with E-state index in [2.05, 4.69) is 21.2 Å². The van der Waals surface area contributed by atoms with Gasteiger partial charge in [0.05, 0.1) is 0 Å². The van der Waals surface area contributed by atoms with Gasteiger partial charge in [0.15, 0.2) is 0 Å². The van der Waals surface area contributed by atoms with Crippen LogP contribution in [0.4, 0.5) is 5.69 Å². The molecule has 0 aliphatic carbocycles. The highest BCUT2D eigenvalue weighted by molar-refractivity contribution is 9.10. The van der Waals surface area contributed by atoms with Gasteiger partial charge in [-0.2, -0.15) is 0 Å². The fourth-order valence-electron chi connectivity index (χ4n) is 3.47. The summed E-state index contributed by atoms with van der Waals surface area (Å²) in [6.07, 6.45) is 0.461. The first kappa shape index (κ1) is 18.4. The van der Waals surface area contributed by atoms with Crippen LogP contribution in [-0.4, -0.2) is 22.8 Å². The van der Waals surface area contributed by atoms with Crippen molar-refractivity contribution >= 4 is 33.4 Å². The summed E-state index contributed by atoms with van der Waals surface area (Å²) in [5, 5.41) is 2.96. The second-order valence-corrected chi connectivity index (χ2v) is 7.71. The van der Waals surface area contributed by atoms with Gasteiger partial charge in [-0.3, -0.25) is 9.59 Å². The van der Waals surface area contributed by atoms with Gasteiger partial charge < -0.3 is 10.2 Å². The van der Waals surface area contributed by atoms with Crippen LogP contribution in [0.25, 0.3) is 0 Å². The molecule has 28 heavy (non-hydrogen) atoms. The summed E-state index contributed by atoms with van der Waals surface area (Å²) in [5.41, 5.74) is 3.36. The molecule has 0 fully saturated rings. The van der Waals surface area contributed by atoms with Crippen molar-refractivity contribution in [2.45, 2.75) is 19.0 Å². The first-order valence-corrected chi connectivity index (χ1v) is 9.90. The Morgan fingerprint density at radius 2 is 1.64 bits per heavy atom. The van der Waals surface area contributed by atoms with Crippen LogP contribution < -0.4 is 5.32 Å². The van der Waals surface area contributed by atoms with E-state index in [4.69, 9.17) is 0 Å². The molecule has 1 aliphatic rings. The molecule has 0 aromatic heterocycles. The quantitative estimate of drug-likeness (QED) is 0.634. The summed E-state index contributed by atoms with van der Waals surface area (Å²) in [6, 6.07) is 24.2. The minimum Gasteiger partial charge on any atom is -0.324 e. The number of benzene rings is 3. The van der Waals surface area contributed by atoms with Gasteiger partial charge in [0.1, 0.15) is 6.04 Å². The van der Waals surface area contributed by atoms with Crippen LogP contribution >= 0.6 is 15.9 Å². The van der Waals surface area contributed by atoms with Crippen molar-refractivity contribution in [2.24, 2.45) is 0 Å². The Bertz CT molecular complexity index is 1000. The third-order valence-corrected chi connectivity index (χ3v) is 5.44. The smallest absolute Gasteiger partial charge is 0.255 e. The van der Waals surface area contributed by atoms with E-state index in [0.717, 1.165) is 15.6 Å². The van der Waals surface area contributed by atoms with Crippen molar-refractivity contribution in [3.8, 4) is 0 Å². The molecule has 140 valence electrons. The Morgan fingerprint density at radius 1 is 0.964 bits per heavy atom. The number of nitrogens with one attached hydrogen (secondary N) is 1. The van der Waals surface area contributed by atoms with Crippen LogP contribution in [0.1, 0.15) is 21.5 Å². The van der Waals surface area contributed by atoms with Crippen LogP contribution in [-0.2, 0) is 17.8 Å². The molecule has 3 aromatic rings. The van der Waals surface area contributed by atoms with Crippen molar-refractivity contribution in [3.63, 3.8) is 0 Å². The van der Waals surface area contributed by atoms with E-state index >= 15 is 0 Å². The number of fused-ring (bicyclic) bond motifs is 1. The molecular formula is C23H19BrN2O2. The Morgan fingerprint density at radius 3 is 2.36 bits per heavy atom. The lowest BCUT2D eigenvalue weighted by molar-refractivity contribution is -0.120. The molecule has 4 rings (SSSR count). The zero-order chi connectivity index (χ0) is 19.5. The monoisotopic (exact) mass is 434 g/mol. The van der Waals surface area contributed by atoms with E-state index in [0.29, 0.717) is 24.2 Å². The van der Waals surface area contributed by atoms with Crippen LogP contribution in [0.5, 0.6) is 0 Å². The van der Waals surface area contributed by atoms with Crippen molar-refractivity contribution in [1.29, 1.82) is 0 Å². The largest absolute Gasteiger partial charge is 0.324 e. The highest BCUT2D eigenvalue weighted by Gasteiger charge is 2.36. The van der Waals surface area contributed by atoms with E-state index in [1.54, 1.807) is 4.90 Å². The Kier molecular flexibility index (Phi) is 5.26. The van der Waals surface area contributed by atoms with E-state index in [-0.39, 0.29) is 11.8 Å². The molecule has 0 saturated carbocycles. The first-order chi connectivity index (χ1) is 13.6. The molecule has 0 unspecified atom stereocenters. The van der Waals surface area contributed by atoms with Crippen molar-refractivity contribution in [3.05, 3.63) is 100 Å². The van der Waals surface area contributed by atoms with E-state index in [1.165, 1.54) is 0 Å². The lowest BCUT2D eigenvalue weighted by Gasteiger charge is -2.27. The maximum Gasteiger partial charge on any atom is 0.255 e. The number of anilines is 1. The Balaban J connectivity index is 1.61. The van der Waals surface area contributed by atoms with Gasteiger partial charge in [0.25, 0.3) is 5.91 Å². The third kappa shape index (κ3) is 3.85. The fraction of sp³-hybridized carbons (Fsp3) is 0.130. The molecular weight excluding hydrogens is 416 g/mol. The van der Waals surface area contributed by atoms with Gasteiger partial charge in [-0.05, 0) is 41.5 Å². The molecule has 0 bridgehead atoms. The molecule has 0 saturated heterocycles. The molecule has 0 spiro atoms. The molecule has 2 amide bonds. The minimum absolute atomic E-state index is 0.0949. The number of carbonyl (C=O) groups excluding carboxylic acids is 2. The maximum atomic E-state index is 13.2. The second kappa shape index (κ2) is 7.98. The lowest BCUT2D eigenvalue weighted by atomic mass is 10.0. The van der Waals surface area contributed by atoms with Crippen LogP contribution in [0.15, 0.2) is 83.3 Å². The fourth-order valence-corrected chi connectivity index (χ4v) is 3.73. The summed E-state index contributed by atoms with van der Waals surface area (Å²) >= 11 is 3.40. The summed E-state index contributed by atoms with van der Waals surface area (Å²) in [5.74, 6) is -0.283. The molecule has 1 N–H and O–H groups in total. The molecule has 5 heteroatoms. The second-order valence-electron chi connectivity index (χ2n) is 6.79. The molecule has 1 heterocycles. The SMILES string of the molecule is O=C(Nc1ccc(Br)cc1)[C@H](Cc1ccccc1)N1Cc2ccccc2C1=O. The number of rotatable bonds is 5. The summed E-state index contributed by atoms with van der Waals surface area (Å²) < 4.78 is 0.941. The predicted octanol–water partition coefficient (Wildman–Crippen LogP) is 4.65. The Labute approximate surface area is 172 Å². The number of halogens is 1. The maximum absolute atomic E-state index is 13.2. The lowest BCUT2D eigenvalue weighted by Crippen LogP contribution is -2.45. The van der Waals surface area contributed by atoms with Crippen LogP contribution in [0, 0.1) is 0 Å². The number of amides is 2. The highest BCUT2D eigenvalue weighted by Crippen LogP contribution is 2.26. The average Bonchev–Trinajstić information content (AvgIpc) is 3.05. The van der Waals surface area contributed by atoms with Gasteiger partial charge in [0, 0.05) is 28.7 Å². The third-order valence-electron chi connectivity index (χ3n) is 4.91. The minimum atomic E-state index is -0.592. The standard InChI is InChI=1S/C23H19BrN2O2/c24-18-10-12-19(13-11-18)25-22(27)21(14-16-6-2-1-3-7-16)26-15-17-8-4-5-9-20(17)23(26)28/h1-13,21H,14-15H2,(H,25,27)/t21-/m0/s1. The number of nitrogens with zero attached hydrogens (tertiary/aromatic N) is 1. The number of hydrogen-bond acceptors (Lipinski definition) is 2. The van der Waals surface area contributed by atoms with Gasteiger partial charge in [-0.1, -0.05) is 64.5 Å². The van der Waals surface area contributed by atoms with Crippen LogP contribution in [0.3, 0.4) is 0 Å². The topological polar surface area (TPSA) is 49.4 Å². The van der Waals surface area contributed by atoms with Crippen molar-refractivity contribution in [2.75, 3.05) is 5.32 Å². The van der Waals surface area contributed by atoms with Crippen molar-refractivity contribution in [1.82, 2.24) is 4.90 Å². The number of carbonyl (C=O) groups is 2. The Hall–Kier alpha value is -2.92. The number of hydrogen-bond donors (Lipinski definition) is 1.